The molecule has 3 aromatic rings. The summed E-state index contributed by atoms with van der Waals surface area (Å²) < 4.78 is 1.83. The lowest BCUT2D eigenvalue weighted by atomic mass is 10.1. The highest BCUT2D eigenvalue weighted by atomic mass is 16.1. The summed E-state index contributed by atoms with van der Waals surface area (Å²) in [6, 6.07) is 15.4. The third-order valence-corrected chi connectivity index (χ3v) is 2.95. The van der Waals surface area contributed by atoms with E-state index in [-0.39, 0.29) is 13.2 Å². The molecule has 0 saturated carbocycles. The molecule has 0 saturated heterocycles. The van der Waals surface area contributed by atoms with Crippen molar-refractivity contribution in [1.29, 1.82) is 0 Å². The van der Waals surface area contributed by atoms with Gasteiger partial charge in [0.2, 0.25) is 0 Å². The van der Waals surface area contributed by atoms with Gasteiger partial charge in [-0.1, -0.05) is 25.6 Å². The quantitative estimate of drug-likeness (QED) is 0.649. The van der Waals surface area contributed by atoms with Gasteiger partial charge < -0.3 is 0 Å². The Balaban J connectivity index is 0.00000133. The number of Topliss-reactive ketones (excluding diaryl/α,β-unsaturated/α-hetero) is 1. The summed E-state index contributed by atoms with van der Waals surface area (Å²) in [5.41, 5.74) is 2.64. The molecule has 0 bridgehead atoms. The van der Waals surface area contributed by atoms with Crippen molar-refractivity contribution in [2.45, 2.75) is 14.4 Å². The van der Waals surface area contributed by atoms with E-state index in [1.807, 2.05) is 59.4 Å². The highest BCUT2D eigenvalue weighted by Gasteiger charge is 2.03. The molecule has 0 radical (unpaired) electrons. The molecular weight excluding hydrogens is 236 g/mol. The average Bonchev–Trinajstić information content (AvgIpc) is 2.82. The normalized spacial score (nSPS) is 10.2. The maximum atomic E-state index is 11.2. The number of carbonyl (C=O) groups excluding carboxylic acids is 1. The van der Waals surface area contributed by atoms with Crippen LogP contribution in [0.3, 0.4) is 0 Å². The molecule has 3 rings (SSSR count). The number of nitrogens with zero attached hydrogens (tertiary/aromatic N) is 2. The molecule has 2 aromatic carbocycles. The van der Waals surface area contributed by atoms with Gasteiger partial charge in [0.1, 0.15) is 0 Å². The maximum absolute atomic E-state index is 11.2. The predicted molar refractivity (Wildman–Crippen MR) is 77.8 cm³/mol. The Morgan fingerprint density at radius 1 is 1.05 bits per heavy atom. The third kappa shape index (κ3) is 2.40. The van der Waals surface area contributed by atoms with Crippen LogP contribution in [0.25, 0.3) is 16.6 Å². The molecule has 19 heavy (non-hydrogen) atoms. The number of aromatic nitrogens is 2. The van der Waals surface area contributed by atoms with Gasteiger partial charge in [0.15, 0.2) is 5.78 Å². The Kier molecular flexibility index (Phi) is 3.47. The Bertz CT molecular complexity index is 678. The monoisotopic (exact) mass is 252 g/mol. The molecule has 0 atom stereocenters. The fourth-order valence-corrected chi connectivity index (χ4v) is 1.95. The zero-order valence-electron chi connectivity index (χ0n) is 10.00. The van der Waals surface area contributed by atoms with E-state index >= 15 is 0 Å². The van der Waals surface area contributed by atoms with Gasteiger partial charge in [0, 0.05) is 17.1 Å². The number of fused-ring (bicyclic) bond motifs is 1. The third-order valence-electron chi connectivity index (χ3n) is 2.95. The molecular formula is C16H16N2O. The second kappa shape index (κ2) is 5.06. The summed E-state index contributed by atoms with van der Waals surface area (Å²) in [7, 11) is 0. The van der Waals surface area contributed by atoms with Gasteiger partial charge in [-0.05, 0) is 37.3 Å². The van der Waals surface area contributed by atoms with Crippen molar-refractivity contribution in [1.82, 2.24) is 9.78 Å². The first kappa shape index (κ1) is 13.0. The van der Waals surface area contributed by atoms with Crippen LogP contribution < -0.4 is 0 Å². The van der Waals surface area contributed by atoms with Crippen LogP contribution in [-0.2, 0) is 0 Å². The summed E-state index contributed by atoms with van der Waals surface area (Å²) in [4.78, 5) is 11.2. The maximum Gasteiger partial charge on any atom is 0.159 e. The second-order valence-electron chi connectivity index (χ2n) is 4.24. The topological polar surface area (TPSA) is 34.9 Å². The number of ketones is 1. The standard InChI is InChI=1S/C15H12N2O.CH4/c1-11(18)12-6-8-14(9-7-12)17-10-13-4-2-3-5-15(13)16-17;/h2-10H,1H3;1H4. The molecule has 96 valence electrons. The van der Waals surface area contributed by atoms with Crippen LogP contribution in [0.15, 0.2) is 54.7 Å². The van der Waals surface area contributed by atoms with Crippen molar-refractivity contribution in [3.8, 4) is 5.69 Å². The summed E-state index contributed by atoms with van der Waals surface area (Å²) in [6.45, 7) is 1.57. The first-order chi connectivity index (χ1) is 8.74. The Morgan fingerprint density at radius 2 is 1.74 bits per heavy atom. The van der Waals surface area contributed by atoms with E-state index in [0.29, 0.717) is 0 Å². The van der Waals surface area contributed by atoms with Gasteiger partial charge in [0.25, 0.3) is 0 Å². The molecule has 0 aliphatic rings. The van der Waals surface area contributed by atoms with Crippen molar-refractivity contribution in [3.05, 3.63) is 60.3 Å². The van der Waals surface area contributed by atoms with E-state index < -0.39 is 0 Å². The summed E-state index contributed by atoms with van der Waals surface area (Å²) >= 11 is 0. The molecule has 3 nitrogen and oxygen atoms in total. The van der Waals surface area contributed by atoms with Crippen LogP contribution in [0.2, 0.25) is 0 Å². The lowest BCUT2D eigenvalue weighted by molar-refractivity contribution is 0.101. The SMILES string of the molecule is C.CC(=O)c1ccc(-n2cc3ccccc3n2)cc1. The zero-order valence-corrected chi connectivity index (χ0v) is 10.00. The Hall–Kier alpha value is -2.42. The van der Waals surface area contributed by atoms with Crippen LogP contribution in [0.5, 0.6) is 0 Å². The number of rotatable bonds is 2. The molecule has 0 unspecified atom stereocenters. The highest BCUT2D eigenvalue weighted by Crippen LogP contribution is 2.15. The predicted octanol–water partition coefficient (Wildman–Crippen LogP) is 3.86. The Morgan fingerprint density at radius 3 is 2.37 bits per heavy atom. The molecule has 3 heteroatoms. The minimum absolute atomic E-state index is 0. The average molecular weight is 252 g/mol. The Labute approximate surface area is 112 Å². The van der Waals surface area contributed by atoms with Gasteiger partial charge in [-0.3, -0.25) is 4.79 Å². The molecule has 0 N–H and O–H groups in total. The minimum atomic E-state index is 0. The van der Waals surface area contributed by atoms with Crippen LogP contribution in [0.4, 0.5) is 0 Å². The van der Waals surface area contributed by atoms with Crippen molar-refractivity contribution in [2.24, 2.45) is 0 Å². The van der Waals surface area contributed by atoms with E-state index in [2.05, 4.69) is 5.10 Å². The second-order valence-corrected chi connectivity index (χ2v) is 4.24. The summed E-state index contributed by atoms with van der Waals surface area (Å²) in [6.07, 6.45) is 1.98. The van der Waals surface area contributed by atoms with Gasteiger partial charge in [-0.15, -0.1) is 0 Å². The van der Waals surface area contributed by atoms with Crippen LogP contribution in [0, 0.1) is 0 Å². The molecule has 0 aliphatic carbocycles. The number of benzene rings is 2. The number of hydrogen-bond acceptors (Lipinski definition) is 2. The van der Waals surface area contributed by atoms with Crippen LogP contribution in [0.1, 0.15) is 24.7 Å². The van der Waals surface area contributed by atoms with Gasteiger partial charge in [-0.25, -0.2) is 4.68 Å². The molecule has 0 amide bonds. The largest absolute Gasteiger partial charge is 0.295 e. The first-order valence-electron chi connectivity index (χ1n) is 5.80. The van der Waals surface area contributed by atoms with E-state index in [4.69, 9.17) is 0 Å². The molecule has 1 heterocycles. The van der Waals surface area contributed by atoms with E-state index in [0.717, 1.165) is 22.2 Å². The van der Waals surface area contributed by atoms with Gasteiger partial charge in [0.05, 0.1) is 11.2 Å². The number of carbonyl (C=O) groups is 1. The lowest BCUT2D eigenvalue weighted by Gasteiger charge is -2.01. The number of hydrogen-bond donors (Lipinski definition) is 0. The first-order valence-corrected chi connectivity index (χ1v) is 5.80. The molecule has 0 spiro atoms. The summed E-state index contributed by atoms with van der Waals surface area (Å²) in [5.74, 6) is 0.0761. The van der Waals surface area contributed by atoms with Gasteiger partial charge in [-0.2, -0.15) is 5.10 Å². The van der Waals surface area contributed by atoms with Gasteiger partial charge >= 0.3 is 0 Å². The highest BCUT2D eigenvalue weighted by molar-refractivity contribution is 5.94. The molecule has 1 aromatic heterocycles. The zero-order chi connectivity index (χ0) is 12.5. The lowest BCUT2D eigenvalue weighted by Crippen LogP contribution is -1.96. The van der Waals surface area contributed by atoms with Crippen molar-refractivity contribution < 1.29 is 4.79 Å². The van der Waals surface area contributed by atoms with Crippen LogP contribution >= 0.6 is 0 Å². The smallest absolute Gasteiger partial charge is 0.159 e. The fourth-order valence-electron chi connectivity index (χ4n) is 1.95. The van der Waals surface area contributed by atoms with Crippen molar-refractivity contribution >= 4 is 16.7 Å². The van der Waals surface area contributed by atoms with Crippen molar-refractivity contribution in [2.75, 3.05) is 0 Å². The fraction of sp³-hybridized carbons (Fsp3) is 0.125. The molecule has 0 fully saturated rings. The van der Waals surface area contributed by atoms with E-state index in [1.54, 1.807) is 6.92 Å². The summed E-state index contributed by atoms with van der Waals surface area (Å²) in [5, 5.41) is 5.59. The van der Waals surface area contributed by atoms with E-state index in [9.17, 15) is 4.79 Å². The minimum Gasteiger partial charge on any atom is -0.295 e. The van der Waals surface area contributed by atoms with Crippen LogP contribution in [-0.4, -0.2) is 15.6 Å². The van der Waals surface area contributed by atoms with Crippen molar-refractivity contribution in [3.63, 3.8) is 0 Å². The molecule has 0 aliphatic heterocycles. The van der Waals surface area contributed by atoms with E-state index in [1.165, 1.54) is 0 Å².